The molecule has 2 aromatic rings. The second kappa shape index (κ2) is 6.50. The van der Waals surface area contributed by atoms with Crippen molar-refractivity contribution in [1.29, 1.82) is 0 Å². The zero-order chi connectivity index (χ0) is 13.7. The number of nitrogens with one attached hydrogen (secondary N) is 1. The van der Waals surface area contributed by atoms with Crippen molar-refractivity contribution in [2.24, 2.45) is 11.8 Å². The maximum atomic E-state index is 5.72. The lowest BCUT2D eigenvalue weighted by Gasteiger charge is -2.23. The van der Waals surface area contributed by atoms with E-state index in [2.05, 4.69) is 30.6 Å². The second-order valence-electron chi connectivity index (χ2n) is 4.77. The number of rotatable bonds is 6. The Morgan fingerprint density at radius 1 is 1.21 bits per heavy atom. The molecule has 0 amide bonds. The summed E-state index contributed by atoms with van der Waals surface area (Å²) in [6.07, 6.45) is 6.15. The van der Waals surface area contributed by atoms with E-state index in [1.807, 2.05) is 41.2 Å². The van der Waals surface area contributed by atoms with Crippen LogP contribution in [0.15, 0.2) is 42.7 Å². The normalized spacial score (nSPS) is 12.8. The van der Waals surface area contributed by atoms with Crippen LogP contribution in [0, 0.1) is 5.92 Å². The molecule has 0 radical (unpaired) electrons. The molecular formula is C15H22N4. The lowest BCUT2D eigenvalue weighted by molar-refractivity contribution is 0.345. The molecule has 4 nitrogen and oxygen atoms in total. The molecule has 0 aliphatic rings. The number of hydrogen-bond acceptors (Lipinski definition) is 3. The van der Waals surface area contributed by atoms with Crippen molar-refractivity contribution < 1.29 is 0 Å². The van der Waals surface area contributed by atoms with Gasteiger partial charge in [-0.3, -0.25) is 11.3 Å². The molecule has 1 heterocycles. The van der Waals surface area contributed by atoms with Crippen LogP contribution in [0.3, 0.4) is 0 Å². The molecule has 0 saturated heterocycles. The highest BCUT2D eigenvalue weighted by Crippen LogP contribution is 2.26. The third-order valence-corrected chi connectivity index (χ3v) is 3.68. The third kappa shape index (κ3) is 3.03. The van der Waals surface area contributed by atoms with E-state index in [9.17, 15) is 0 Å². The van der Waals surface area contributed by atoms with Gasteiger partial charge in [0.15, 0.2) is 0 Å². The van der Waals surface area contributed by atoms with E-state index in [4.69, 9.17) is 5.84 Å². The summed E-state index contributed by atoms with van der Waals surface area (Å²) in [4.78, 5) is 0. The van der Waals surface area contributed by atoms with Crippen LogP contribution in [0.5, 0.6) is 0 Å². The van der Waals surface area contributed by atoms with Gasteiger partial charge in [0.2, 0.25) is 0 Å². The van der Waals surface area contributed by atoms with Gasteiger partial charge in [-0.25, -0.2) is 4.68 Å². The summed E-state index contributed by atoms with van der Waals surface area (Å²) in [5.41, 5.74) is 5.13. The summed E-state index contributed by atoms with van der Waals surface area (Å²) in [6, 6.07) is 10.3. The molecular weight excluding hydrogens is 236 g/mol. The molecule has 0 spiro atoms. The van der Waals surface area contributed by atoms with Crippen LogP contribution in [0.4, 0.5) is 0 Å². The average Bonchev–Trinajstić information content (AvgIpc) is 2.95. The summed E-state index contributed by atoms with van der Waals surface area (Å²) >= 11 is 0. The Morgan fingerprint density at radius 3 is 2.47 bits per heavy atom. The number of aromatic nitrogens is 2. The van der Waals surface area contributed by atoms with Gasteiger partial charge in [0.25, 0.3) is 0 Å². The quantitative estimate of drug-likeness (QED) is 0.619. The van der Waals surface area contributed by atoms with Crippen LogP contribution in [0.25, 0.3) is 5.69 Å². The average molecular weight is 258 g/mol. The summed E-state index contributed by atoms with van der Waals surface area (Å²) in [6.45, 7) is 4.39. The minimum absolute atomic E-state index is 0.160. The lowest BCUT2D eigenvalue weighted by Crippen LogP contribution is -2.33. The number of hydrogen-bond donors (Lipinski definition) is 2. The van der Waals surface area contributed by atoms with Gasteiger partial charge in [0.1, 0.15) is 0 Å². The van der Waals surface area contributed by atoms with Crippen molar-refractivity contribution >= 4 is 0 Å². The predicted molar refractivity (Wildman–Crippen MR) is 77.7 cm³/mol. The molecule has 1 aromatic heterocycles. The van der Waals surface area contributed by atoms with Crippen molar-refractivity contribution in [2.75, 3.05) is 0 Å². The molecule has 19 heavy (non-hydrogen) atoms. The maximum absolute atomic E-state index is 5.72. The SMILES string of the molecule is CCC(CC)C(NN)c1cnn(-c2ccccc2)c1. The van der Waals surface area contributed by atoms with Gasteiger partial charge in [0, 0.05) is 11.8 Å². The van der Waals surface area contributed by atoms with Crippen molar-refractivity contribution in [1.82, 2.24) is 15.2 Å². The van der Waals surface area contributed by atoms with Gasteiger partial charge in [-0.1, -0.05) is 44.9 Å². The topological polar surface area (TPSA) is 55.9 Å². The molecule has 2 rings (SSSR count). The number of para-hydroxylation sites is 1. The Labute approximate surface area is 114 Å². The van der Waals surface area contributed by atoms with Gasteiger partial charge in [-0.2, -0.15) is 5.10 Å². The fourth-order valence-electron chi connectivity index (χ4n) is 2.48. The molecule has 1 atom stereocenters. The standard InChI is InChI=1S/C15H22N4/c1-3-12(4-2)15(18-16)13-10-17-19(11-13)14-8-6-5-7-9-14/h5-12,15,18H,3-4,16H2,1-2H3. The number of benzene rings is 1. The van der Waals surface area contributed by atoms with Crippen LogP contribution in [0.2, 0.25) is 0 Å². The molecule has 1 unspecified atom stereocenters. The van der Waals surface area contributed by atoms with Crippen LogP contribution >= 0.6 is 0 Å². The van der Waals surface area contributed by atoms with E-state index in [0.717, 1.165) is 24.1 Å². The fraction of sp³-hybridized carbons (Fsp3) is 0.400. The summed E-state index contributed by atoms with van der Waals surface area (Å²) < 4.78 is 1.89. The minimum atomic E-state index is 0.160. The summed E-state index contributed by atoms with van der Waals surface area (Å²) in [5.74, 6) is 6.24. The molecule has 102 valence electrons. The van der Waals surface area contributed by atoms with Crippen molar-refractivity contribution in [3.8, 4) is 5.69 Å². The first-order chi connectivity index (χ1) is 9.30. The minimum Gasteiger partial charge on any atom is -0.271 e. The highest BCUT2D eigenvalue weighted by atomic mass is 15.3. The Morgan fingerprint density at radius 2 is 1.89 bits per heavy atom. The highest BCUT2D eigenvalue weighted by molar-refractivity contribution is 5.31. The van der Waals surface area contributed by atoms with Gasteiger partial charge < -0.3 is 0 Å². The van der Waals surface area contributed by atoms with Gasteiger partial charge >= 0.3 is 0 Å². The Bertz CT molecular complexity index is 488. The van der Waals surface area contributed by atoms with Crippen LogP contribution < -0.4 is 11.3 Å². The summed E-state index contributed by atoms with van der Waals surface area (Å²) in [7, 11) is 0. The maximum Gasteiger partial charge on any atom is 0.0645 e. The smallest absolute Gasteiger partial charge is 0.0645 e. The fourth-order valence-corrected chi connectivity index (χ4v) is 2.48. The lowest BCUT2D eigenvalue weighted by atomic mass is 9.91. The monoisotopic (exact) mass is 258 g/mol. The number of nitrogens with zero attached hydrogens (tertiary/aromatic N) is 2. The first-order valence-electron chi connectivity index (χ1n) is 6.86. The van der Waals surface area contributed by atoms with Gasteiger partial charge in [-0.15, -0.1) is 0 Å². The van der Waals surface area contributed by atoms with Gasteiger partial charge in [0.05, 0.1) is 17.9 Å². The molecule has 0 saturated carbocycles. The number of nitrogens with two attached hydrogens (primary N) is 1. The Balaban J connectivity index is 2.24. The molecule has 1 aromatic carbocycles. The van der Waals surface area contributed by atoms with E-state index in [0.29, 0.717) is 5.92 Å². The van der Waals surface area contributed by atoms with E-state index in [1.54, 1.807) is 0 Å². The van der Waals surface area contributed by atoms with Crippen LogP contribution in [0.1, 0.15) is 38.3 Å². The largest absolute Gasteiger partial charge is 0.271 e. The van der Waals surface area contributed by atoms with E-state index in [-0.39, 0.29) is 6.04 Å². The summed E-state index contributed by atoms with van der Waals surface area (Å²) in [5, 5.41) is 4.43. The first kappa shape index (κ1) is 13.8. The zero-order valence-electron chi connectivity index (χ0n) is 11.6. The predicted octanol–water partition coefficient (Wildman–Crippen LogP) is 2.81. The first-order valence-corrected chi connectivity index (χ1v) is 6.86. The Hall–Kier alpha value is -1.65. The van der Waals surface area contributed by atoms with Crippen LogP contribution in [-0.2, 0) is 0 Å². The molecule has 0 aliphatic carbocycles. The van der Waals surface area contributed by atoms with E-state index < -0.39 is 0 Å². The molecule has 3 N–H and O–H groups in total. The molecule has 4 heteroatoms. The van der Waals surface area contributed by atoms with E-state index in [1.165, 1.54) is 0 Å². The number of hydrazine groups is 1. The van der Waals surface area contributed by atoms with Crippen LogP contribution in [-0.4, -0.2) is 9.78 Å². The second-order valence-corrected chi connectivity index (χ2v) is 4.77. The molecule has 0 aliphatic heterocycles. The zero-order valence-corrected chi connectivity index (χ0v) is 11.6. The highest BCUT2D eigenvalue weighted by Gasteiger charge is 2.20. The van der Waals surface area contributed by atoms with Crippen molar-refractivity contribution in [2.45, 2.75) is 32.7 Å². The Kier molecular flexibility index (Phi) is 4.71. The molecule has 0 fully saturated rings. The van der Waals surface area contributed by atoms with Crippen molar-refractivity contribution in [3.05, 3.63) is 48.3 Å². The molecule has 0 bridgehead atoms. The van der Waals surface area contributed by atoms with E-state index >= 15 is 0 Å². The van der Waals surface area contributed by atoms with Crippen molar-refractivity contribution in [3.63, 3.8) is 0 Å². The third-order valence-electron chi connectivity index (χ3n) is 3.68. The van der Waals surface area contributed by atoms with Gasteiger partial charge in [-0.05, 0) is 18.1 Å².